The van der Waals surface area contributed by atoms with E-state index in [1.165, 1.54) is 42.9 Å². The van der Waals surface area contributed by atoms with E-state index in [4.69, 9.17) is 13.9 Å². The second-order valence-electron chi connectivity index (χ2n) is 11.4. The highest BCUT2D eigenvalue weighted by Gasteiger charge is 2.37. The highest BCUT2D eigenvalue weighted by Crippen LogP contribution is 2.38. The lowest BCUT2D eigenvalue weighted by Crippen LogP contribution is -2.52. The maximum Gasteiger partial charge on any atom is 0.401 e. The zero-order valence-corrected chi connectivity index (χ0v) is 25.9. The van der Waals surface area contributed by atoms with Gasteiger partial charge in [0.15, 0.2) is 0 Å². The Kier molecular flexibility index (Phi) is 8.97. The summed E-state index contributed by atoms with van der Waals surface area (Å²) in [6, 6.07) is 7.02. The molecule has 1 N–H and O–H groups in total. The molecule has 0 bridgehead atoms. The lowest BCUT2D eigenvalue weighted by molar-refractivity contribution is -0.153. The monoisotopic (exact) mass is 650 g/mol. The topological polar surface area (TPSA) is 129 Å². The SMILES string of the molecule is COc1ccccc1C(Cn1c(=O)n(C(C)(C)C(=O)O)c(=O)c2c(C)c(-c3ncco3)sc21)OC1CCN(CC(F)(F)F)CC1. The van der Waals surface area contributed by atoms with E-state index in [2.05, 4.69) is 4.98 Å². The standard InChI is InChI=1S/C30H33F3N4O7S/c1-17-22-25(38)37(29(2,3)27(39)40)28(41)36(26(22)45-23(17)24-34-11-14-43-24)15-21(19-7-5-6-8-20(19)42-4)44-18-9-12-35(13-10-18)16-30(31,32)33/h5-8,11,14,18,21H,9-10,12-13,15-16H2,1-4H3,(H,39,40). The van der Waals surface area contributed by atoms with E-state index >= 15 is 0 Å². The van der Waals surface area contributed by atoms with Crippen LogP contribution in [0.15, 0.2) is 50.7 Å². The first-order valence-corrected chi connectivity index (χ1v) is 15.0. The van der Waals surface area contributed by atoms with Gasteiger partial charge >= 0.3 is 17.8 Å². The number of aliphatic carboxylic acids is 1. The third kappa shape index (κ3) is 6.42. The average molecular weight is 651 g/mol. The van der Waals surface area contributed by atoms with Crippen molar-refractivity contribution in [3.05, 3.63) is 68.7 Å². The molecule has 5 rings (SSSR count). The fourth-order valence-electron chi connectivity index (χ4n) is 5.64. The number of hydrogen-bond acceptors (Lipinski definition) is 9. The highest BCUT2D eigenvalue weighted by atomic mass is 32.1. The summed E-state index contributed by atoms with van der Waals surface area (Å²) in [5, 5.41) is 10.2. The molecule has 0 amide bonds. The minimum atomic E-state index is -4.31. The van der Waals surface area contributed by atoms with Crippen molar-refractivity contribution in [2.45, 2.75) is 64.1 Å². The summed E-state index contributed by atoms with van der Waals surface area (Å²) in [5.41, 5.74) is -2.49. The number of carboxylic acids is 1. The van der Waals surface area contributed by atoms with Crippen LogP contribution in [0.4, 0.5) is 13.2 Å². The fourth-order valence-corrected chi connectivity index (χ4v) is 6.88. The second-order valence-corrected chi connectivity index (χ2v) is 12.4. The molecule has 3 aromatic heterocycles. The molecule has 11 nitrogen and oxygen atoms in total. The van der Waals surface area contributed by atoms with Crippen molar-refractivity contribution in [1.82, 2.24) is 19.0 Å². The van der Waals surface area contributed by atoms with Crippen molar-refractivity contribution < 1.29 is 37.0 Å². The number of nitrogens with zero attached hydrogens (tertiary/aromatic N) is 4. The summed E-state index contributed by atoms with van der Waals surface area (Å²) in [5.74, 6) is -0.681. The molecular weight excluding hydrogens is 617 g/mol. The number of hydrogen-bond donors (Lipinski definition) is 1. The molecule has 4 aromatic rings. The number of oxazole rings is 1. The first kappa shape index (κ1) is 32.4. The van der Waals surface area contributed by atoms with Gasteiger partial charge in [0.1, 0.15) is 28.5 Å². The van der Waals surface area contributed by atoms with Crippen molar-refractivity contribution >= 4 is 27.5 Å². The average Bonchev–Trinajstić information content (AvgIpc) is 3.63. The molecule has 1 unspecified atom stereocenters. The van der Waals surface area contributed by atoms with Crippen LogP contribution < -0.4 is 16.0 Å². The number of piperidine rings is 1. The minimum absolute atomic E-state index is 0.140. The van der Waals surface area contributed by atoms with Crippen LogP contribution in [0.2, 0.25) is 0 Å². The van der Waals surface area contributed by atoms with E-state index in [1.807, 2.05) is 0 Å². The van der Waals surface area contributed by atoms with Crippen LogP contribution in [0.3, 0.4) is 0 Å². The Hall–Kier alpha value is -3.95. The van der Waals surface area contributed by atoms with Crippen molar-refractivity contribution in [3.63, 3.8) is 0 Å². The lowest BCUT2D eigenvalue weighted by Gasteiger charge is -2.34. The van der Waals surface area contributed by atoms with Crippen LogP contribution in [0.25, 0.3) is 21.0 Å². The molecule has 0 aliphatic carbocycles. The molecule has 0 spiro atoms. The zero-order valence-electron chi connectivity index (χ0n) is 25.1. The molecule has 1 aromatic carbocycles. The van der Waals surface area contributed by atoms with Gasteiger partial charge in [0, 0.05) is 18.7 Å². The Morgan fingerprint density at radius 1 is 1.20 bits per heavy atom. The number of halogens is 3. The lowest BCUT2D eigenvalue weighted by atomic mass is 10.0. The van der Waals surface area contributed by atoms with Crippen molar-refractivity contribution in [1.29, 1.82) is 0 Å². The van der Waals surface area contributed by atoms with Gasteiger partial charge in [0.05, 0.1) is 42.8 Å². The molecule has 45 heavy (non-hydrogen) atoms. The van der Waals surface area contributed by atoms with Crippen molar-refractivity contribution in [3.8, 4) is 16.5 Å². The van der Waals surface area contributed by atoms with E-state index in [9.17, 15) is 32.7 Å². The van der Waals surface area contributed by atoms with Crippen molar-refractivity contribution in [2.24, 2.45) is 0 Å². The van der Waals surface area contributed by atoms with Crippen LogP contribution in [0.1, 0.15) is 43.9 Å². The summed E-state index contributed by atoms with van der Waals surface area (Å²) >= 11 is 1.11. The normalized spacial score (nSPS) is 15.9. The number of rotatable bonds is 10. The van der Waals surface area contributed by atoms with E-state index in [-0.39, 0.29) is 35.7 Å². The van der Waals surface area contributed by atoms with Gasteiger partial charge in [-0.2, -0.15) is 13.2 Å². The van der Waals surface area contributed by atoms with Gasteiger partial charge in [-0.15, -0.1) is 11.3 Å². The molecule has 1 aliphatic rings. The molecule has 1 aliphatic heterocycles. The first-order chi connectivity index (χ1) is 21.2. The molecule has 0 saturated carbocycles. The number of thiophene rings is 1. The van der Waals surface area contributed by atoms with Crippen LogP contribution in [-0.4, -0.2) is 69.1 Å². The molecule has 1 saturated heterocycles. The Morgan fingerprint density at radius 3 is 2.49 bits per heavy atom. The summed E-state index contributed by atoms with van der Waals surface area (Å²) in [6.07, 6.45) is -2.13. The number of carboxylic acid groups (broad SMARTS) is 1. The van der Waals surface area contributed by atoms with Gasteiger partial charge in [0.25, 0.3) is 5.56 Å². The quantitative estimate of drug-likeness (QED) is 0.257. The third-order valence-corrected chi connectivity index (χ3v) is 9.35. The molecule has 15 heteroatoms. The summed E-state index contributed by atoms with van der Waals surface area (Å²) < 4.78 is 58.6. The Bertz CT molecular complexity index is 1800. The predicted molar refractivity (Wildman–Crippen MR) is 160 cm³/mol. The van der Waals surface area contributed by atoms with E-state index < -0.39 is 47.7 Å². The molecule has 0 radical (unpaired) electrons. The number of aromatic nitrogens is 3. The van der Waals surface area contributed by atoms with Crippen LogP contribution in [0.5, 0.6) is 5.75 Å². The fraction of sp³-hybridized carbons (Fsp3) is 0.467. The van der Waals surface area contributed by atoms with Gasteiger partial charge in [-0.25, -0.2) is 19.1 Å². The van der Waals surface area contributed by atoms with Crippen LogP contribution >= 0.6 is 11.3 Å². The first-order valence-electron chi connectivity index (χ1n) is 14.2. The number of fused-ring (bicyclic) bond motifs is 1. The zero-order chi connectivity index (χ0) is 32.7. The number of likely N-dealkylation sites (tertiary alicyclic amines) is 1. The van der Waals surface area contributed by atoms with Crippen LogP contribution in [0, 0.1) is 6.92 Å². The number of para-hydroxylation sites is 1. The minimum Gasteiger partial charge on any atom is -0.496 e. The number of alkyl halides is 3. The predicted octanol–water partition coefficient (Wildman–Crippen LogP) is 4.80. The number of benzene rings is 1. The Labute approximate surface area is 259 Å². The van der Waals surface area contributed by atoms with Crippen molar-refractivity contribution in [2.75, 3.05) is 26.7 Å². The van der Waals surface area contributed by atoms with Gasteiger partial charge in [0.2, 0.25) is 5.89 Å². The van der Waals surface area contributed by atoms with E-state index in [0.717, 1.165) is 15.9 Å². The maximum atomic E-state index is 14.2. The van der Waals surface area contributed by atoms with Gasteiger partial charge < -0.3 is 19.0 Å². The van der Waals surface area contributed by atoms with E-state index in [0.29, 0.717) is 34.6 Å². The smallest absolute Gasteiger partial charge is 0.401 e. The van der Waals surface area contributed by atoms with Gasteiger partial charge in [-0.3, -0.25) is 14.3 Å². The maximum absolute atomic E-state index is 14.2. The summed E-state index contributed by atoms with van der Waals surface area (Å²) in [7, 11) is 1.48. The Morgan fingerprint density at radius 2 is 1.89 bits per heavy atom. The van der Waals surface area contributed by atoms with Crippen LogP contribution in [-0.2, 0) is 21.6 Å². The third-order valence-electron chi connectivity index (χ3n) is 8.05. The highest BCUT2D eigenvalue weighted by molar-refractivity contribution is 7.22. The number of methoxy groups -OCH3 is 1. The molecule has 1 atom stereocenters. The summed E-state index contributed by atoms with van der Waals surface area (Å²) in [4.78, 5) is 46.7. The van der Waals surface area contributed by atoms with Gasteiger partial charge in [-0.05, 0) is 45.2 Å². The van der Waals surface area contributed by atoms with Gasteiger partial charge in [-0.1, -0.05) is 18.2 Å². The number of ether oxygens (including phenoxy) is 2. The molecule has 242 valence electrons. The van der Waals surface area contributed by atoms with E-state index in [1.54, 1.807) is 31.2 Å². The molecular formula is C30H33F3N4O7S. The molecule has 4 heterocycles. The number of aryl methyl sites for hydroxylation is 1. The molecule has 1 fully saturated rings. The Balaban J connectivity index is 1.64. The second kappa shape index (κ2) is 12.4. The number of carbonyl (C=O) groups is 1. The summed E-state index contributed by atoms with van der Waals surface area (Å²) in [6.45, 7) is 3.41. The largest absolute Gasteiger partial charge is 0.496 e.